The molecule has 1 fully saturated rings. The van der Waals surface area contributed by atoms with E-state index in [1.54, 1.807) is 4.68 Å². The molecule has 0 amide bonds. The fraction of sp³-hybridized carbons (Fsp3) is 0.700. The van der Waals surface area contributed by atoms with E-state index >= 15 is 0 Å². The third-order valence-corrected chi connectivity index (χ3v) is 3.08. The number of hydrogen-bond donors (Lipinski definition) is 2. The minimum absolute atomic E-state index is 0.304. The van der Waals surface area contributed by atoms with Crippen LogP contribution in [0.3, 0.4) is 0 Å². The Labute approximate surface area is 92.9 Å². The van der Waals surface area contributed by atoms with Crippen LogP contribution < -0.4 is 0 Å². The maximum absolute atomic E-state index is 10.7. The van der Waals surface area contributed by atoms with Crippen molar-refractivity contribution in [1.29, 1.82) is 0 Å². The first-order valence-corrected chi connectivity index (χ1v) is 5.36. The van der Waals surface area contributed by atoms with Crippen molar-refractivity contribution in [2.45, 2.75) is 38.3 Å². The maximum atomic E-state index is 10.7. The first-order valence-electron chi connectivity index (χ1n) is 5.36. The lowest BCUT2D eigenvalue weighted by atomic mass is 9.69. The van der Waals surface area contributed by atoms with Crippen LogP contribution in [0, 0.1) is 5.92 Å². The molecule has 2 N–H and O–H groups in total. The van der Waals surface area contributed by atoms with Gasteiger partial charge in [-0.3, -0.25) is 9.48 Å². The van der Waals surface area contributed by atoms with Crippen molar-refractivity contribution in [3.8, 4) is 0 Å². The molecule has 2 rings (SSSR count). The third kappa shape index (κ3) is 1.92. The van der Waals surface area contributed by atoms with Gasteiger partial charge in [0.25, 0.3) is 0 Å². The first kappa shape index (κ1) is 11.1. The third-order valence-electron chi connectivity index (χ3n) is 3.08. The summed E-state index contributed by atoms with van der Waals surface area (Å²) in [5.74, 6) is -0.529. The zero-order valence-electron chi connectivity index (χ0n) is 9.13. The van der Waals surface area contributed by atoms with Crippen LogP contribution in [-0.2, 0) is 17.8 Å². The second-order valence-corrected chi connectivity index (χ2v) is 4.34. The number of hydrogen-bond acceptors (Lipinski definition) is 4. The van der Waals surface area contributed by atoms with E-state index in [0.29, 0.717) is 31.6 Å². The number of aliphatic carboxylic acids is 1. The summed E-state index contributed by atoms with van der Waals surface area (Å²) in [6, 6.07) is 0. The fourth-order valence-electron chi connectivity index (χ4n) is 2.16. The van der Waals surface area contributed by atoms with E-state index in [-0.39, 0.29) is 0 Å². The summed E-state index contributed by atoms with van der Waals surface area (Å²) in [5, 5.41) is 22.8. The molecule has 0 bridgehead atoms. The zero-order valence-corrected chi connectivity index (χ0v) is 9.13. The zero-order chi connectivity index (χ0) is 11.8. The Morgan fingerprint density at radius 3 is 2.94 bits per heavy atom. The minimum atomic E-state index is -0.914. The number of aryl methyl sites for hydroxylation is 1. The van der Waals surface area contributed by atoms with E-state index in [1.165, 1.54) is 6.33 Å². The molecule has 0 spiro atoms. The van der Waals surface area contributed by atoms with Gasteiger partial charge in [0.2, 0.25) is 0 Å². The Morgan fingerprint density at radius 1 is 1.69 bits per heavy atom. The molecule has 1 heterocycles. The predicted octanol–water partition coefficient (Wildman–Crippen LogP) is 0.0662. The van der Waals surface area contributed by atoms with Crippen molar-refractivity contribution in [3.05, 3.63) is 12.2 Å². The second-order valence-electron chi connectivity index (χ2n) is 4.34. The van der Waals surface area contributed by atoms with Crippen molar-refractivity contribution >= 4 is 5.97 Å². The first-order chi connectivity index (χ1) is 7.54. The van der Waals surface area contributed by atoms with Crippen LogP contribution in [0.25, 0.3) is 0 Å². The van der Waals surface area contributed by atoms with Crippen LogP contribution in [0.1, 0.15) is 25.6 Å². The molecule has 1 aliphatic carbocycles. The molecule has 88 valence electrons. The van der Waals surface area contributed by atoms with Gasteiger partial charge in [-0.2, -0.15) is 5.10 Å². The molecule has 1 aromatic rings. The lowest BCUT2D eigenvalue weighted by Gasteiger charge is -2.41. The Morgan fingerprint density at radius 2 is 2.38 bits per heavy atom. The van der Waals surface area contributed by atoms with Crippen LogP contribution in [-0.4, -0.2) is 36.5 Å². The molecule has 16 heavy (non-hydrogen) atoms. The topological polar surface area (TPSA) is 88.2 Å². The van der Waals surface area contributed by atoms with Gasteiger partial charge in [0.1, 0.15) is 12.2 Å². The molecule has 0 unspecified atom stereocenters. The standard InChI is InChI=1S/C10H15N3O3/c1-2-13-8(11-6-12-13)5-10(16)3-7(4-10)9(14)15/h6-7,16H,2-5H2,1H3,(H,14,15). The van der Waals surface area contributed by atoms with Gasteiger partial charge in [0.15, 0.2) is 0 Å². The molecule has 0 aliphatic heterocycles. The molecule has 0 radical (unpaired) electrons. The van der Waals surface area contributed by atoms with Gasteiger partial charge >= 0.3 is 5.97 Å². The normalized spacial score (nSPS) is 28.8. The molecule has 1 aliphatic rings. The van der Waals surface area contributed by atoms with Crippen LogP contribution in [0.2, 0.25) is 0 Å². The molecule has 0 aromatic carbocycles. The Balaban J connectivity index is 1.99. The van der Waals surface area contributed by atoms with Gasteiger partial charge in [-0.05, 0) is 19.8 Å². The molecule has 6 heteroatoms. The summed E-state index contributed by atoms with van der Waals surface area (Å²) in [7, 11) is 0. The molecule has 6 nitrogen and oxygen atoms in total. The van der Waals surface area contributed by atoms with Gasteiger partial charge in [0.05, 0.1) is 11.5 Å². The smallest absolute Gasteiger partial charge is 0.306 e. The Kier molecular flexibility index (Phi) is 2.67. The van der Waals surface area contributed by atoms with Crippen LogP contribution in [0.15, 0.2) is 6.33 Å². The van der Waals surface area contributed by atoms with Crippen molar-refractivity contribution in [1.82, 2.24) is 14.8 Å². The second kappa shape index (κ2) is 3.86. The monoisotopic (exact) mass is 225 g/mol. The van der Waals surface area contributed by atoms with Gasteiger partial charge in [-0.25, -0.2) is 4.98 Å². The highest BCUT2D eigenvalue weighted by Crippen LogP contribution is 2.39. The Hall–Kier alpha value is -1.43. The quantitative estimate of drug-likeness (QED) is 0.756. The van der Waals surface area contributed by atoms with E-state index in [4.69, 9.17) is 5.11 Å². The predicted molar refractivity (Wildman–Crippen MR) is 54.7 cm³/mol. The fourth-order valence-corrected chi connectivity index (χ4v) is 2.16. The van der Waals surface area contributed by atoms with Gasteiger partial charge in [-0.15, -0.1) is 0 Å². The summed E-state index contributed by atoms with van der Waals surface area (Å²) in [4.78, 5) is 14.7. The van der Waals surface area contributed by atoms with E-state index in [0.717, 1.165) is 0 Å². The van der Waals surface area contributed by atoms with Crippen molar-refractivity contribution < 1.29 is 15.0 Å². The van der Waals surface area contributed by atoms with Crippen molar-refractivity contribution in [2.24, 2.45) is 5.92 Å². The molecule has 1 aromatic heterocycles. The van der Waals surface area contributed by atoms with E-state index in [9.17, 15) is 9.90 Å². The average molecular weight is 225 g/mol. The summed E-state index contributed by atoms with van der Waals surface area (Å²) in [6.07, 6.45) is 2.44. The highest BCUT2D eigenvalue weighted by atomic mass is 16.4. The SMILES string of the molecule is CCn1ncnc1CC1(O)CC(C(=O)O)C1. The summed E-state index contributed by atoms with van der Waals surface area (Å²) in [5.41, 5.74) is -0.914. The Bertz CT molecular complexity index is 396. The largest absolute Gasteiger partial charge is 0.481 e. The summed E-state index contributed by atoms with van der Waals surface area (Å²) >= 11 is 0. The van der Waals surface area contributed by atoms with E-state index in [1.807, 2.05) is 6.92 Å². The highest BCUT2D eigenvalue weighted by molar-refractivity contribution is 5.71. The number of rotatable bonds is 4. The molecule has 1 saturated carbocycles. The number of aliphatic hydroxyl groups is 1. The summed E-state index contributed by atoms with van der Waals surface area (Å²) < 4.78 is 1.71. The molecular formula is C10H15N3O3. The van der Waals surface area contributed by atoms with Gasteiger partial charge in [-0.1, -0.05) is 0 Å². The highest BCUT2D eigenvalue weighted by Gasteiger charge is 2.46. The summed E-state index contributed by atoms with van der Waals surface area (Å²) in [6.45, 7) is 2.65. The molecular weight excluding hydrogens is 210 g/mol. The molecule has 0 saturated heterocycles. The minimum Gasteiger partial charge on any atom is -0.481 e. The van der Waals surface area contributed by atoms with E-state index in [2.05, 4.69) is 10.1 Å². The maximum Gasteiger partial charge on any atom is 0.306 e. The number of nitrogens with zero attached hydrogens (tertiary/aromatic N) is 3. The van der Waals surface area contributed by atoms with Crippen LogP contribution >= 0.6 is 0 Å². The van der Waals surface area contributed by atoms with Gasteiger partial charge < -0.3 is 10.2 Å². The average Bonchev–Trinajstić information content (AvgIpc) is 2.60. The van der Waals surface area contributed by atoms with E-state index < -0.39 is 17.5 Å². The molecule has 0 atom stereocenters. The van der Waals surface area contributed by atoms with Crippen LogP contribution in [0.5, 0.6) is 0 Å². The van der Waals surface area contributed by atoms with Crippen LogP contribution in [0.4, 0.5) is 0 Å². The van der Waals surface area contributed by atoms with Crippen molar-refractivity contribution in [2.75, 3.05) is 0 Å². The number of carboxylic acids is 1. The lowest BCUT2D eigenvalue weighted by Crippen LogP contribution is -2.49. The van der Waals surface area contributed by atoms with Gasteiger partial charge in [0, 0.05) is 13.0 Å². The van der Waals surface area contributed by atoms with Crippen molar-refractivity contribution in [3.63, 3.8) is 0 Å². The number of aromatic nitrogens is 3. The number of carboxylic acid groups (broad SMARTS) is 1. The lowest BCUT2D eigenvalue weighted by molar-refractivity contribution is -0.158. The number of carbonyl (C=O) groups is 1.